The number of aromatic nitrogens is 5. The van der Waals surface area contributed by atoms with E-state index in [0.29, 0.717) is 51.7 Å². The summed E-state index contributed by atoms with van der Waals surface area (Å²) in [5.74, 6) is 1.72. The second kappa shape index (κ2) is 10.4. The molecule has 0 atom stereocenters. The van der Waals surface area contributed by atoms with Gasteiger partial charge >= 0.3 is 0 Å². The van der Waals surface area contributed by atoms with Crippen molar-refractivity contribution < 1.29 is 9.53 Å². The smallest absolute Gasteiger partial charge is 0.269 e. The first kappa shape index (κ1) is 25.1. The minimum Gasteiger partial charge on any atom is -0.435 e. The molecule has 5 heterocycles. The average Bonchev–Trinajstić information content (AvgIpc) is 3.30. The lowest BCUT2D eigenvalue weighted by Gasteiger charge is -2.35. The molecule has 1 aliphatic heterocycles. The van der Waals surface area contributed by atoms with E-state index in [1.807, 2.05) is 18.9 Å². The van der Waals surface area contributed by atoms with Crippen molar-refractivity contribution in [3.05, 3.63) is 65.5 Å². The highest BCUT2D eigenvalue weighted by atomic mass is 16.5. The van der Waals surface area contributed by atoms with Crippen LogP contribution in [0.4, 0.5) is 17.3 Å². The third-order valence-electron chi connectivity index (χ3n) is 6.78. The summed E-state index contributed by atoms with van der Waals surface area (Å²) < 4.78 is 7.83. The number of nitrogens with one attached hydrogen (secondary N) is 1. The first-order valence-electron chi connectivity index (χ1n) is 12.3. The fraction of sp³-hybridized carbons (Fsp3) is 0.333. The van der Waals surface area contributed by atoms with Gasteiger partial charge in [0.1, 0.15) is 11.3 Å². The Kier molecular flexibility index (Phi) is 6.89. The molecule has 1 fully saturated rings. The van der Waals surface area contributed by atoms with Gasteiger partial charge in [0.05, 0.1) is 17.6 Å². The highest BCUT2D eigenvalue weighted by Gasteiger charge is 2.25. The van der Waals surface area contributed by atoms with E-state index < -0.39 is 0 Å². The van der Waals surface area contributed by atoms with E-state index in [2.05, 4.69) is 49.1 Å². The lowest BCUT2D eigenvalue weighted by molar-refractivity contribution is 0.0663. The van der Waals surface area contributed by atoms with Crippen molar-refractivity contribution in [2.24, 2.45) is 7.05 Å². The van der Waals surface area contributed by atoms with Crippen LogP contribution in [-0.2, 0) is 7.05 Å². The lowest BCUT2D eigenvalue weighted by atomic mass is 10.0. The number of hydrogen-bond acceptors (Lipinski definition) is 8. The van der Waals surface area contributed by atoms with Gasteiger partial charge in [0, 0.05) is 38.4 Å². The fourth-order valence-electron chi connectivity index (χ4n) is 4.53. The summed E-state index contributed by atoms with van der Waals surface area (Å²) in [7, 11) is 6.02. The van der Waals surface area contributed by atoms with Crippen LogP contribution in [0.1, 0.15) is 28.8 Å². The monoisotopic (exact) mass is 511 g/mol. The molecule has 1 N–H and O–H groups in total. The van der Waals surface area contributed by atoms with Crippen LogP contribution in [-0.4, -0.2) is 73.4 Å². The molecule has 1 amide bonds. The molecular weight excluding hydrogens is 482 g/mol. The number of likely N-dealkylation sites (tertiary alicyclic amines) is 1. The Labute approximate surface area is 220 Å². The number of aryl methyl sites for hydroxylation is 2. The average molecular weight is 512 g/mol. The normalized spacial score (nSPS) is 14.1. The molecule has 4 aromatic rings. The van der Waals surface area contributed by atoms with E-state index in [1.165, 1.54) is 6.20 Å². The van der Waals surface area contributed by atoms with E-state index in [1.54, 1.807) is 41.4 Å². The molecule has 0 aliphatic carbocycles. The van der Waals surface area contributed by atoms with Gasteiger partial charge in [-0.05, 0) is 57.6 Å². The number of imidazole rings is 1. The first-order valence-corrected chi connectivity index (χ1v) is 12.3. The summed E-state index contributed by atoms with van der Waals surface area (Å²) in [5, 5.41) is 3.29. The zero-order valence-corrected chi connectivity index (χ0v) is 21.8. The molecule has 0 spiro atoms. The molecule has 0 unspecified atom stereocenters. The molecule has 0 radical (unpaired) electrons. The third kappa shape index (κ3) is 5.12. The number of rotatable bonds is 6. The molecule has 1 saturated heterocycles. The van der Waals surface area contributed by atoms with Crippen molar-refractivity contribution in [3.8, 4) is 11.6 Å². The largest absolute Gasteiger partial charge is 0.435 e. The molecule has 11 nitrogen and oxygen atoms in total. The van der Waals surface area contributed by atoms with Crippen LogP contribution in [0.3, 0.4) is 0 Å². The van der Waals surface area contributed by atoms with Crippen LogP contribution in [0.15, 0.2) is 43.0 Å². The van der Waals surface area contributed by atoms with E-state index in [0.717, 1.165) is 31.5 Å². The molecule has 5 rings (SSSR count). The number of anilines is 2. The van der Waals surface area contributed by atoms with Crippen LogP contribution in [0.25, 0.3) is 16.0 Å². The maximum Gasteiger partial charge on any atom is 0.269 e. The van der Waals surface area contributed by atoms with Crippen LogP contribution in [0.5, 0.6) is 11.6 Å². The minimum absolute atomic E-state index is 0.00110. The van der Waals surface area contributed by atoms with Gasteiger partial charge < -0.3 is 29.3 Å². The van der Waals surface area contributed by atoms with E-state index in [-0.39, 0.29) is 5.91 Å². The van der Waals surface area contributed by atoms with Gasteiger partial charge in [-0.15, -0.1) is 4.98 Å². The van der Waals surface area contributed by atoms with Gasteiger partial charge in [-0.2, -0.15) is 4.98 Å². The van der Waals surface area contributed by atoms with Crippen molar-refractivity contribution in [3.63, 3.8) is 0 Å². The van der Waals surface area contributed by atoms with Crippen molar-refractivity contribution in [2.75, 3.05) is 32.5 Å². The number of ether oxygens (including phenoxy) is 1. The van der Waals surface area contributed by atoms with Crippen molar-refractivity contribution >= 4 is 34.4 Å². The molecule has 38 heavy (non-hydrogen) atoms. The summed E-state index contributed by atoms with van der Waals surface area (Å²) in [4.78, 5) is 38.1. The topological polar surface area (TPSA) is 106 Å². The summed E-state index contributed by atoms with van der Waals surface area (Å²) in [6.07, 6.45) is 6.74. The Morgan fingerprint density at radius 2 is 1.95 bits per heavy atom. The Hall–Kier alpha value is -4.56. The Morgan fingerprint density at radius 1 is 1.16 bits per heavy atom. The van der Waals surface area contributed by atoms with Crippen LogP contribution >= 0.6 is 0 Å². The summed E-state index contributed by atoms with van der Waals surface area (Å²) >= 11 is 0. The molecule has 0 bridgehead atoms. The third-order valence-corrected chi connectivity index (χ3v) is 6.78. The predicted molar refractivity (Wildman–Crippen MR) is 144 cm³/mol. The van der Waals surface area contributed by atoms with Gasteiger partial charge in [0.15, 0.2) is 17.6 Å². The Morgan fingerprint density at radius 3 is 2.61 bits per heavy atom. The maximum atomic E-state index is 13.0. The van der Waals surface area contributed by atoms with Gasteiger partial charge in [-0.1, -0.05) is 6.57 Å². The van der Waals surface area contributed by atoms with Crippen LogP contribution in [0.2, 0.25) is 0 Å². The SMILES string of the molecule is [C-]#[N+]c1cc(C)c(Oc2cc(Nc3ccc(C(=O)N4CCC(N(C)C)CC4)cn3)c3ncn(C)c3n2)cn1. The number of carbonyl (C=O) groups is 1. The molecule has 11 heteroatoms. The van der Waals surface area contributed by atoms with Gasteiger partial charge in [-0.3, -0.25) is 4.79 Å². The number of nitrogens with zero attached hydrogens (tertiary/aromatic N) is 8. The molecular formula is C27H29N9O2. The number of carbonyl (C=O) groups excluding carboxylic acids is 1. The molecule has 0 aromatic carbocycles. The van der Waals surface area contributed by atoms with Gasteiger partial charge in [0.2, 0.25) is 5.88 Å². The summed E-state index contributed by atoms with van der Waals surface area (Å²) in [6.45, 7) is 10.5. The molecule has 1 aliphatic rings. The number of fused-ring (bicyclic) bond motifs is 1. The van der Waals surface area contributed by atoms with Crippen molar-refractivity contribution in [1.29, 1.82) is 0 Å². The fourth-order valence-corrected chi connectivity index (χ4v) is 4.53. The Bertz CT molecular complexity index is 1510. The number of pyridine rings is 3. The predicted octanol–water partition coefficient (Wildman–Crippen LogP) is 4.32. The van der Waals surface area contributed by atoms with Crippen molar-refractivity contribution in [1.82, 2.24) is 34.3 Å². The minimum atomic E-state index is 0.00110. The van der Waals surface area contributed by atoms with Crippen LogP contribution in [0, 0.1) is 13.5 Å². The summed E-state index contributed by atoms with van der Waals surface area (Å²) in [5.41, 5.74) is 3.28. The standard InChI is InChI=1S/C27H29N9O2/c1-17-12-23(28-2)30-15-21(17)38-24-13-20(25-26(33-24)35(5)16-31-25)32-22-7-6-18(14-29-22)27(37)36-10-8-19(9-11-36)34(3)4/h6-7,12-16,19H,8-11H2,1,3-5H3,(H,29,32,33). The van der Waals surface area contributed by atoms with Crippen molar-refractivity contribution in [2.45, 2.75) is 25.8 Å². The van der Waals surface area contributed by atoms with E-state index in [9.17, 15) is 4.79 Å². The quantitative estimate of drug-likeness (QED) is 0.382. The summed E-state index contributed by atoms with van der Waals surface area (Å²) in [6, 6.07) is 7.50. The highest BCUT2D eigenvalue weighted by Crippen LogP contribution is 2.31. The van der Waals surface area contributed by atoms with Crippen LogP contribution < -0.4 is 10.1 Å². The second-order valence-corrected chi connectivity index (χ2v) is 9.60. The van der Waals surface area contributed by atoms with E-state index in [4.69, 9.17) is 11.3 Å². The molecule has 4 aromatic heterocycles. The molecule has 194 valence electrons. The highest BCUT2D eigenvalue weighted by molar-refractivity contribution is 5.94. The van der Waals surface area contributed by atoms with Gasteiger partial charge in [-0.25, -0.2) is 9.97 Å². The zero-order chi connectivity index (χ0) is 26.8. The number of amides is 1. The first-order chi connectivity index (χ1) is 18.3. The lowest BCUT2D eigenvalue weighted by Crippen LogP contribution is -2.44. The Balaban J connectivity index is 1.35. The maximum absolute atomic E-state index is 13.0. The van der Waals surface area contributed by atoms with E-state index >= 15 is 0 Å². The zero-order valence-electron chi connectivity index (χ0n) is 21.8. The second-order valence-electron chi connectivity index (χ2n) is 9.60. The number of piperidine rings is 1. The molecule has 0 saturated carbocycles. The van der Waals surface area contributed by atoms with Gasteiger partial charge in [0.25, 0.3) is 11.7 Å². The number of hydrogen-bond donors (Lipinski definition) is 1.